The molecule has 2 heteroatoms. The zero-order chi connectivity index (χ0) is 8.93. The third-order valence-corrected chi connectivity index (χ3v) is 3.37. The Hall–Kier alpha value is -0.530. The summed E-state index contributed by atoms with van der Waals surface area (Å²) in [5.41, 5.74) is 3.25. The maximum Gasteiger partial charge on any atom is 0.0440 e. The van der Waals surface area contributed by atoms with Gasteiger partial charge in [0, 0.05) is 12.3 Å². The van der Waals surface area contributed by atoms with Gasteiger partial charge < -0.3 is 5.43 Å². The third-order valence-electron chi connectivity index (χ3n) is 3.37. The van der Waals surface area contributed by atoms with E-state index < -0.39 is 0 Å². The van der Waals surface area contributed by atoms with Crippen LogP contribution in [0.5, 0.6) is 0 Å². The van der Waals surface area contributed by atoms with Crippen molar-refractivity contribution in [2.24, 2.45) is 11.0 Å². The average molecular weight is 180 g/mol. The van der Waals surface area contributed by atoms with Crippen LogP contribution in [0.2, 0.25) is 0 Å². The van der Waals surface area contributed by atoms with Gasteiger partial charge in [-0.05, 0) is 25.2 Å². The van der Waals surface area contributed by atoms with Crippen molar-refractivity contribution in [2.45, 2.75) is 57.4 Å². The largest absolute Gasteiger partial charge is 0.307 e. The first kappa shape index (κ1) is 9.04. The summed E-state index contributed by atoms with van der Waals surface area (Å²) in [6.07, 6.45) is 13.0. The number of hydrogen-bond donors (Lipinski definition) is 1. The van der Waals surface area contributed by atoms with E-state index in [9.17, 15) is 0 Å². The van der Waals surface area contributed by atoms with E-state index in [1.807, 2.05) is 0 Å². The zero-order valence-electron chi connectivity index (χ0n) is 8.34. The second-order valence-corrected chi connectivity index (χ2v) is 4.45. The lowest BCUT2D eigenvalue weighted by Crippen LogP contribution is -2.20. The highest BCUT2D eigenvalue weighted by Crippen LogP contribution is 2.28. The molecule has 0 aromatic carbocycles. The molecule has 0 aliphatic heterocycles. The molecule has 1 N–H and O–H groups in total. The van der Waals surface area contributed by atoms with E-state index in [1.165, 1.54) is 51.4 Å². The molecule has 0 heterocycles. The standard InChI is InChI=1S/C11H20N2/c1-2-7-11(6-1)13-12-9-8-10-4-3-5-10/h9-11,13H,1-8H2/b12-9+. The first-order chi connectivity index (χ1) is 6.45. The SMILES string of the molecule is C(/CC1CCC1)=N\NC1CCCC1. The highest BCUT2D eigenvalue weighted by Gasteiger charge is 2.16. The molecule has 74 valence electrons. The van der Waals surface area contributed by atoms with Crippen molar-refractivity contribution < 1.29 is 0 Å². The van der Waals surface area contributed by atoms with Gasteiger partial charge in [0.15, 0.2) is 0 Å². The number of rotatable bonds is 4. The molecule has 0 atom stereocenters. The fourth-order valence-corrected chi connectivity index (χ4v) is 2.14. The molecule has 2 aliphatic rings. The Morgan fingerprint density at radius 2 is 1.85 bits per heavy atom. The van der Waals surface area contributed by atoms with Gasteiger partial charge in [0.2, 0.25) is 0 Å². The Labute approximate surface area is 80.8 Å². The summed E-state index contributed by atoms with van der Waals surface area (Å²) in [6.45, 7) is 0. The maximum absolute atomic E-state index is 4.30. The third kappa shape index (κ3) is 2.71. The summed E-state index contributed by atoms with van der Waals surface area (Å²) in [4.78, 5) is 0. The second kappa shape index (κ2) is 4.64. The van der Waals surface area contributed by atoms with E-state index in [1.54, 1.807) is 0 Å². The van der Waals surface area contributed by atoms with Gasteiger partial charge in [-0.1, -0.05) is 32.1 Å². The quantitative estimate of drug-likeness (QED) is 0.522. The molecule has 2 aliphatic carbocycles. The Bertz CT molecular complexity index is 167. The normalized spacial score (nSPS) is 25.2. The van der Waals surface area contributed by atoms with Gasteiger partial charge in [-0.15, -0.1) is 0 Å². The topological polar surface area (TPSA) is 24.4 Å². The van der Waals surface area contributed by atoms with Crippen molar-refractivity contribution in [3.05, 3.63) is 0 Å². The predicted octanol–water partition coefficient (Wildman–Crippen LogP) is 2.69. The van der Waals surface area contributed by atoms with E-state index >= 15 is 0 Å². The maximum atomic E-state index is 4.30. The highest BCUT2D eigenvalue weighted by molar-refractivity contribution is 5.57. The van der Waals surface area contributed by atoms with Gasteiger partial charge in [-0.2, -0.15) is 5.10 Å². The fraction of sp³-hybridized carbons (Fsp3) is 0.909. The van der Waals surface area contributed by atoms with Crippen LogP contribution in [0, 0.1) is 5.92 Å². The van der Waals surface area contributed by atoms with E-state index in [4.69, 9.17) is 0 Å². The highest BCUT2D eigenvalue weighted by atomic mass is 15.3. The van der Waals surface area contributed by atoms with Crippen molar-refractivity contribution in [3.63, 3.8) is 0 Å². The monoisotopic (exact) mass is 180 g/mol. The molecule has 2 rings (SSSR count). The van der Waals surface area contributed by atoms with Crippen LogP contribution in [0.25, 0.3) is 0 Å². The smallest absolute Gasteiger partial charge is 0.0440 e. The Morgan fingerprint density at radius 3 is 2.46 bits per heavy atom. The number of hydrazone groups is 1. The van der Waals surface area contributed by atoms with Crippen molar-refractivity contribution in [3.8, 4) is 0 Å². The van der Waals surface area contributed by atoms with Crippen molar-refractivity contribution in [1.29, 1.82) is 0 Å². The zero-order valence-corrected chi connectivity index (χ0v) is 8.34. The molecule has 0 aromatic rings. The molecule has 0 aromatic heterocycles. The lowest BCUT2D eigenvalue weighted by atomic mass is 9.83. The summed E-state index contributed by atoms with van der Waals surface area (Å²) >= 11 is 0. The minimum Gasteiger partial charge on any atom is -0.307 e. The van der Waals surface area contributed by atoms with Crippen LogP contribution in [-0.4, -0.2) is 12.3 Å². The van der Waals surface area contributed by atoms with Crippen molar-refractivity contribution >= 4 is 6.21 Å². The van der Waals surface area contributed by atoms with Crippen LogP contribution in [0.4, 0.5) is 0 Å². The lowest BCUT2D eigenvalue weighted by molar-refractivity contribution is 0.328. The van der Waals surface area contributed by atoms with Crippen LogP contribution >= 0.6 is 0 Å². The average Bonchev–Trinajstić information content (AvgIpc) is 2.53. The molecule has 0 bridgehead atoms. The number of nitrogens with zero attached hydrogens (tertiary/aromatic N) is 1. The van der Waals surface area contributed by atoms with E-state index in [0.29, 0.717) is 6.04 Å². The minimum atomic E-state index is 0.678. The Morgan fingerprint density at radius 1 is 1.08 bits per heavy atom. The molecule has 0 radical (unpaired) electrons. The van der Waals surface area contributed by atoms with Gasteiger partial charge in [0.1, 0.15) is 0 Å². The lowest BCUT2D eigenvalue weighted by Gasteiger charge is -2.23. The summed E-state index contributed by atoms with van der Waals surface area (Å²) in [5.74, 6) is 0.953. The van der Waals surface area contributed by atoms with Crippen LogP contribution in [-0.2, 0) is 0 Å². The summed E-state index contributed by atoms with van der Waals surface area (Å²) < 4.78 is 0. The van der Waals surface area contributed by atoms with E-state index in [0.717, 1.165) is 5.92 Å². The summed E-state index contributed by atoms with van der Waals surface area (Å²) in [5, 5.41) is 4.30. The Balaban J connectivity index is 1.55. The molecular weight excluding hydrogens is 160 g/mol. The summed E-state index contributed by atoms with van der Waals surface area (Å²) in [6, 6.07) is 0.678. The second-order valence-electron chi connectivity index (χ2n) is 4.45. The summed E-state index contributed by atoms with van der Waals surface area (Å²) in [7, 11) is 0. The van der Waals surface area contributed by atoms with Gasteiger partial charge in [-0.25, -0.2) is 0 Å². The van der Waals surface area contributed by atoms with Gasteiger partial charge in [0.25, 0.3) is 0 Å². The van der Waals surface area contributed by atoms with E-state index in [2.05, 4.69) is 16.7 Å². The molecule has 0 saturated heterocycles. The molecule has 2 nitrogen and oxygen atoms in total. The van der Waals surface area contributed by atoms with Crippen LogP contribution in [0.1, 0.15) is 51.4 Å². The molecule has 2 saturated carbocycles. The molecule has 0 spiro atoms. The van der Waals surface area contributed by atoms with E-state index in [-0.39, 0.29) is 0 Å². The van der Waals surface area contributed by atoms with Gasteiger partial charge in [0.05, 0.1) is 0 Å². The number of hydrogen-bond acceptors (Lipinski definition) is 2. The fourth-order valence-electron chi connectivity index (χ4n) is 2.14. The molecular formula is C11H20N2. The predicted molar refractivity (Wildman–Crippen MR) is 55.8 cm³/mol. The van der Waals surface area contributed by atoms with Gasteiger partial charge in [-0.3, -0.25) is 0 Å². The molecule has 2 fully saturated rings. The number of nitrogens with one attached hydrogen (secondary N) is 1. The first-order valence-corrected chi connectivity index (χ1v) is 5.72. The molecule has 0 unspecified atom stereocenters. The minimum absolute atomic E-state index is 0.678. The van der Waals surface area contributed by atoms with Crippen LogP contribution in [0.15, 0.2) is 5.10 Å². The van der Waals surface area contributed by atoms with Gasteiger partial charge >= 0.3 is 0 Å². The molecule has 13 heavy (non-hydrogen) atoms. The van der Waals surface area contributed by atoms with Crippen LogP contribution < -0.4 is 5.43 Å². The molecule has 0 amide bonds. The first-order valence-electron chi connectivity index (χ1n) is 5.72. The van der Waals surface area contributed by atoms with Crippen LogP contribution in [0.3, 0.4) is 0 Å². The van der Waals surface area contributed by atoms with Crippen molar-refractivity contribution in [1.82, 2.24) is 5.43 Å². The van der Waals surface area contributed by atoms with Crippen molar-refractivity contribution in [2.75, 3.05) is 0 Å². The Kier molecular flexibility index (Phi) is 3.22.